The predicted octanol–water partition coefficient (Wildman–Crippen LogP) is 6.21. The van der Waals surface area contributed by atoms with Crippen LogP contribution in [0, 0.1) is 17.2 Å². The molecule has 3 atom stereocenters. The van der Waals surface area contributed by atoms with Crippen molar-refractivity contribution in [1.29, 1.82) is 5.26 Å². The minimum atomic E-state index is -5.08. The Morgan fingerprint density at radius 2 is 1.52 bits per heavy atom. The summed E-state index contributed by atoms with van der Waals surface area (Å²) in [6.45, 7) is 5.66. The number of nitriles is 1. The van der Waals surface area contributed by atoms with E-state index in [1.807, 2.05) is 46.1 Å². The lowest BCUT2D eigenvalue weighted by Gasteiger charge is -2.32. The molecule has 21 heteroatoms. The maximum Gasteiger partial charge on any atom is 0.490 e. The number of hydrogen-bond donors (Lipinski definition) is 4. The first-order valence-electron chi connectivity index (χ1n) is 19.1. The molecule has 63 heavy (non-hydrogen) atoms. The highest BCUT2D eigenvalue weighted by Crippen LogP contribution is 2.22. The number of alkyl halides is 6. The van der Waals surface area contributed by atoms with E-state index in [-0.39, 0.29) is 36.7 Å². The van der Waals surface area contributed by atoms with Gasteiger partial charge in [0.05, 0.1) is 38.0 Å². The maximum absolute atomic E-state index is 13.6. The van der Waals surface area contributed by atoms with E-state index in [2.05, 4.69) is 59.8 Å². The topological polar surface area (TPSA) is 204 Å². The van der Waals surface area contributed by atoms with Crippen LogP contribution in [0.3, 0.4) is 0 Å². The quantitative estimate of drug-likeness (QED) is 0.0651. The van der Waals surface area contributed by atoms with E-state index in [1.165, 1.54) is 7.11 Å². The molecule has 1 heterocycles. The van der Waals surface area contributed by atoms with Crippen LogP contribution in [-0.2, 0) is 48.2 Å². The summed E-state index contributed by atoms with van der Waals surface area (Å²) in [4.78, 5) is 63.7. The fourth-order valence-corrected chi connectivity index (χ4v) is 6.27. The number of imidazole rings is 1. The molecular weight excluding hydrogens is 863 g/mol. The van der Waals surface area contributed by atoms with Crippen LogP contribution in [0.1, 0.15) is 49.1 Å². The molecule has 0 aliphatic heterocycles. The summed E-state index contributed by atoms with van der Waals surface area (Å²) in [5.41, 5.74) is 3.44. The molecule has 342 valence electrons. The number of carbonyl (C=O) groups is 5. The number of nitrogens with one attached hydrogen (secondary N) is 2. The Bertz CT molecular complexity index is 2130. The number of rotatable bonds is 18. The summed E-state index contributed by atoms with van der Waals surface area (Å²) >= 11 is 1.60. The average molecular weight is 911 g/mol. The zero-order valence-electron chi connectivity index (χ0n) is 34.7. The lowest BCUT2D eigenvalue weighted by molar-refractivity contribution is -0.193. The smallest absolute Gasteiger partial charge is 0.475 e. The van der Waals surface area contributed by atoms with Crippen molar-refractivity contribution in [3.8, 4) is 6.07 Å². The zero-order chi connectivity index (χ0) is 47.3. The monoisotopic (exact) mass is 910 g/mol. The SMILES string of the molecule is CC[C@H](C)[C@@H](CN(CC(=O)N[C@@H](CCSC)C(=O)OC)Cc1cccc2ccccc12)NC(=O)Cc1cncn1Cc1ccc(C#N)cc1.O=C(O)C(F)(F)F.O=C(O)C(F)(F)F. The van der Waals surface area contributed by atoms with E-state index in [0.29, 0.717) is 37.4 Å². The molecule has 0 aliphatic rings. The average Bonchev–Trinajstić information content (AvgIpc) is 3.66. The maximum atomic E-state index is 13.6. The van der Waals surface area contributed by atoms with Gasteiger partial charge in [0.25, 0.3) is 0 Å². The van der Waals surface area contributed by atoms with Crippen LogP contribution in [0.4, 0.5) is 26.3 Å². The number of ether oxygens (including phenoxy) is 1. The van der Waals surface area contributed by atoms with Crippen molar-refractivity contribution in [3.63, 3.8) is 0 Å². The number of halogens is 6. The highest BCUT2D eigenvalue weighted by molar-refractivity contribution is 7.98. The third-order valence-electron chi connectivity index (χ3n) is 9.27. The van der Waals surface area contributed by atoms with Crippen molar-refractivity contribution in [3.05, 3.63) is 102 Å². The molecule has 0 fully saturated rings. The first-order valence-corrected chi connectivity index (χ1v) is 20.4. The van der Waals surface area contributed by atoms with E-state index in [1.54, 1.807) is 36.4 Å². The van der Waals surface area contributed by atoms with E-state index in [0.717, 1.165) is 34.0 Å². The number of aromatic nitrogens is 2. The number of esters is 1. The summed E-state index contributed by atoms with van der Waals surface area (Å²) in [5.74, 6) is -5.57. The first kappa shape index (κ1) is 53.0. The number of methoxy groups -OCH3 is 1. The van der Waals surface area contributed by atoms with Gasteiger partial charge in [-0.15, -0.1) is 0 Å². The van der Waals surface area contributed by atoms with Crippen LogP contribution in [0.25, 0.3) is 10.8 Å². The number of carboxylic acid groups (broad SMARTS) is 2. The second-order valence-corrected chi connectivity index (χ2v) is 14.9. The van der Waals surface area contributed by atoms with Gasteiger partial charge in [0, 0.05) is 37.6 Å². The number of benzene rings is 3. The van der Waals surface area contributed by atoms with Crippen molar-refractivity contribution in [2.75, 3.05) is 32.2 Å². The number of nitrogens with zero attached hydrogens (tertiary/aromatic N) is 4. The lowest BCUT2D eigenvalue weighted by Crippen LogP contribution is -2.51. The second-order valence-electron chi connectivity index (χ2n) is 13.9. The van der Waals surface area contributed by atoms with E-state index >= 15 is 0 Å². The van der Waals surface area contributed by atoms with Crippen molar-refractivity contribution in [2.45, 2.75) is 70.6 Å². The highest BCUT2D eigenvalue weighted by atomic mass is 32.2. The number of carbonyl (C=O) groups excluding carboxylic acids is 3. The van der Waals surface area contributed by atoms with Crippen molar-refractivity contribution >= 4 is 52.3 Å². The highest BCUT2D eigenvalue weighted by Gasteiger charge is 2.39. The Balaban J connectivity index is 0.000000838. The predicted molar refractivity (Wildman–Crippen MR) is 221 cm³/mol. The molecule has 3 aromatic carbocycles. The Morgan fingerprint density at radius 1 is 0.921 bits per heavy atom. The Hall–Kier alpha value is -6.14. The van der Waals surface area contributed by atoms with Gasteiger partial charge in [-0.05, 0) is 58.4 Å². The van der Waals surface area contributed by atoms with Crippen LogP contribution in [0.5, 0.6) is 0 Å². The van der Waals surface area contributed by atoms with Crippen LogP contribution in [0.15, 0.2) is 79.3 Å². The van der Waals surface area contributed by atoms with Crippen LogP contribution >= 0.6 is 11.8 Å². The number of amides is 2. The zero-order valence-corrected chi connectivity index (χ0v) is 35.5. The summed E-state index contributed by atoms with van der Waals surface area (Å²) in [6.07, 6.45) is -3.37. The van der Waals surface area contributed by atoms with Crippen molar-refractivity contribution in [2.24, 2.45) is 5.92 Å². The number of fused-ring (bicyclic) bond motifs is 1. The molecule has 0 bridgehead atoms. The normalized spacial score (nSPS) is 12.6. The van der Waals surface area contributed by atoms with Gasteiger partial charge < -0.3 is 30.2 Å². The Kier molecular flexibility index (Phi) is 21.6. The Labute approximate surface area is 363 Å². The van der Waals surface area contributed by atoms with Crippen LogP contribution < -0.4 is 10.6 Å². The van der Waals surface area contributed by atoms with Gasteiger partial charge in [-0.3, -0.25) is 14.5 Å². The molecule has 0 saturated heterocycles. The minimum Gasteiger partial charge on any atom is -0.475 e. The third-order valence-corrected chi connectivity index (χ3v) is 9.91. The molecule has 0 spiro atoms. The van der Waals surface area contributed by atoms with Crippen LogP contribution in [0.2, 0.25) is 0 Å². The van der Waals surface area contributed by atoms with Gasteiger partial charge >= 0.3 is 30.3 Å². The molecule has 2 amide bonds. The van der Waals surface area contributed by atoms with Gasteiger partial charge in [0.1, 0.15) is 6.04 Å². The van der Waals surface area contributed by atoms with Crippen LogP contribution in [-0.4, -0.2) is 111 Å². The van der Waals surface area contributed by atoms with Gasteiger partial charge in [-0.1, -0.05) is 74.9 Å². The molecule has 0 unspecified atom stereocenters. The molecule has 4 rings (SSSR count). The van der Waals surface area contributed by atoms with E-state index in [4.69, 9.17) is 29.8 Å². The molecule has 0 aliphatic carbocycles. The van der Waals surface area contributed by atoms with Crippen molar-refractivity contribution < 1.29 is 65.3 Å². The molecule has 4 N–H and O–H groups in total. The first-order chi connectivity index (χ1) is 29.6. The number of hydrogen-bond acceptors (Lipinski definition) is 10. The Morgan fingerprint density at radius 3 is 2.08 bits per heavy atom. The molecule has 14 nitrogen and oxygen atoms in total. The standard InChI is InChI=1S/C38H46N6O4S.2C2HF3O2/c1-5-27(2)35(42-36(45)19-32-21-40-26-44(32)22-29-15-13-28(20-39)14-16-29)24-43(23-31-11-8-10-30-9-6-7-12-33(30)31)25-37(46)41-34(17-18-49-4)38(47)48-3;2*3-2(4,5)1(6)7/h6-16,21,26-27,34-35H,5,17-19,22-25H2,1-4H3,(H,41,46)(H,42,45);2*(H,6,7)/t27-,34-,35+;;/m0../s1. The minimum absolute atomic E-state index is 0.0378. The van der Waals surface area contributed by atoms with Gasteiger partial charge in [0.2, 0.25) is 11.8 Å². The van der Waals surface area contributed by atoms with E-state index < -0.39 is 36.3 Å². The fraction of sp³-hybridized carbons (Fsp3) is 0.405. The van der Waals surface area contributed by atoms with Gasteiger partial charge in [0.15, 0.2) is 0 Å². The summed E-state index contributed by atoms with van der Waals surface area (Å²) in [5, 5.41) is 31.7. The molecular formula is C42H48F6N6O8S. The summed E-state index contributed by atoms with van der Waals surface area (Å²) in [6, 6.07) is 22.8. The third kappa shape index (κ3) is 18.8. The largest absolute Gasteiger partial charge is 0.490 e. The fourth-order valence-electron chi connectivity index (χ4n) is 5.80. The molecule has 1 aromatic heterocycles. The number of aliphatic carboxylic acids is 2. The van der Waals surface area contributed by atoms with Crippen molar-refractivity contribution in [1.82, 2.24) is 25.1 Å². The molecule has 0 saturated carbocycles. The number of carboxylic acids is 2. The molecule has 4 aromatic rings. The summed E-state index contributed by atoms with van der Waals surface area (Å²) in [7, 11) is 1.33. The molecule has 0 radical (unpaired) electrons. The number of thioether (sulfide) groups is 1. The summed E-state index contributed by atoms with van der Waals surface area (Å²) < 4.78 is 70.4. The van der Waals surface area contributed by atoms with E-state index in [9.17, 15) is 40.7 Å². The second kappa shape index (κ2) is 25.7. The van der Waals surface area contributed by atoms with Gasteiger partial charge in [-0.2, -0.15) is 43.4 Å². The van der Waals surface area contributed by atoms with Gasteiger partial charge in [-0.25, -0.2) is 19.4 Å². The lowest BCUT2D eigenvalue weighted by atomic mass is 9.97.